The second kappa shape index (κ2) is 11.9. The quantitative estimate of drug-likeness (QED) is 0.176. The van der Waals surface area contributed by atoms with E-state index in [1.165, 1.54) is 56.6 Å². The Bertz CT molecular complexity index is 1220. The predicted molar refractivity (Wildman–Crippen MR) is 138 cm³/mol. The summed E-state index contributed by atoms with van der Waals surface area (Å²) < 4.78 is 56.9. The molecule has 196 valence electrons. The molecule has 0 aromatic heterocycles. The molecule has 0 radical (unpaired) electrons. The Morgan fingerprint density at radius 2 is 1.46 bits per heavy atom. The summed E-state index contributed by atoms with van der Waals surface area (Å²) in [5.74, 6) is -6.01. The molecule has 0 spiro atoms. The molecule has 0 aliphatic heterocycles. The van der Waals surface area contributed by atoms with Gasteiger partial charge in [-0.1, -0.05) is 69.4 Å². The molecule has 0 bridgehead atoms. The van der Waals surface area contributed by atoms with E-state index < -0.39 is 34.8 Å². The minimum atomic E-state index is -1.67. The predicted octanol–water partition coefficient (Wildman–Crippen LogP) is 9.52. The van der Waals surface area contributed by atoms with E-state index in [0.29, 0.717) is 23.6 Å². The second-order valence-corrected chi connectivity index (χ2v) is 10.1. The van der Waals surface area contributed by atoms with E-state index in [4.69, 9.17) is 0 Å². The molecule has 0 atom stereocenters. The van der Waals surface area contributed by atoms with Gasteiger partial charge in [-0.2, -0.15) is 0 Å². The van der Waals surface area contributed by atoms with Crippen LogP contribution in [0.25, 0.3) is 22.3 Å². The summed E-state index contributed by atoms with van der Waals surface area (Å²) in [5, 5.41) is 9.37. The highest BCUT2D eigenvalue weighted by atomic mass is 19.2. The van der Waals surface area contributed by atoms with Crippen molar-refractivity contribution in [3.8, 4) is 22.3 Å². The van der Waals surface area contributed by atoms with Crippen LogP contribution in [0, 0.1) is 29.2 Å². The maximum absolute atomic E-state index is 15.3. The number of carboxylic acid groups (broad SMARTS) is 1. The lowest BCUT2D eigenvalue weighted by Crippen LogP contribution is -2.13. The van der Waals surface area contributed by atoms with Crippen LogP contribution < -0.4 is 0 Å². The van der Waals surface area contributed by atoms with Crippen molar-refractivity contribution in [2.75, 3.05) is 0 Å². The first-order valence-electron chi connectivity index (χ1n) is 13.1. The molecule has 37 heavy (non-hydrogen) atoms. The van der Waals surface area contributed by atoms with Gasteiger partial charge < -0.3 is 5.11 Å². The maximum Gasteiger partial charge on any atom is 0.338 e. The molecule has 0 heterocycles. The zero-order chi connectivity index (χ0) is 26.5. The first-order chi connectivity index (χ1) is 17.8. The van der Waals surface area contributed by atoms with Gasteiger partial charge in [0.15, 0.2) is 17.5 Å². The Morgan fingerprint density at radius 1 is 0.811 bits per heavy atom. The monoisotopic (exact) mass is 512 g/mol. The minimum Gasteiger partial charge on any atom is -0.478 e. The van der Waals surface area contributed by atoms with Crippen LogP contribution >= 0.6 is 0 Å². The van der Waals surface area contributed by atoms with Crippen LogP contribution in [0.4, 0.5) is 17.6 Å². The largest absolute Gasteiger partial charge is 0.478 e. The van der Waals surface area contributed by atoms with Crippen molar-refractivity contribution in [2.45, 2.75) is 70.6 Å². The first kappa shape index (κ1) is 26.9. The van der Waals surface area contributed by atoms with Crippen LogP contribution in [0.2, 0.25) is 0 Å². The number of hydrogen-bond acceptors (Lipinski definition) is 1. The molecule has 3 aromatic carbocycles. The number of hydrogen-bond donors (Lipinski definition) is 1. The van der Waals surface area contributed by atoms with E-state index in [-0.39, 0.29) is 16.7 Å². The van der Waals surface area contributed by atoms with Gasteiger partial charge in [0.1, 0.15) is 5.82 Å². The second-order valence-electron chi connectivity index (χ2n) is 10.1. The molecule has 2 nitrogen and oxygen atoms in total. The first-order valence-corrected chi connectivity index (χ1v) is 13.1. The summed E-state index contributed by atoms with van der Waals surface area (Å²) in [6.07, 6.45) is 11.1. The number of halogens is 4. The highest BCUT2D eigenvalue weighted by Crippen LogP contribution is 2.40. The normalized spacial score (nSPS) is 17.6. The summed E-state index contributed by atoms with van der Waals surface area (Å²) in [5.41, 5.74) is 0.852. The Labute approximate surface area is 215 Å². The summed E-state index contributed by atoms with van der Waals surface area (Å²) in [6, 6.07) is 11.5. The van der Waals surface area contributed by atoms with Crippen molar-refractivity contribution in [2.24, 2.45) is 5.92 Å². The lowest BCUT2D eigenvalue weighted by molar-refractivity contribution is 0.0692. The standard InChI is InChI=1S/C31H32F4O2/c1-2-3-4-5-6-19-7-9-20(10-8-19)21-11-13-22(14-12-21)24-15-16-25(31(36)37)29(34)28(24)23-17-26(32)30(35)27(33)18-23/h11-20H,2-10H2,1H3,(H,36,37)/t19-,20-. The highest BCUT2D eigenvalue weighted by molar-refractivity contribution is 5.94. The van der Waals surface area contributed by atoms with Gasteiger partial charge in [0.25, 0.3) is 0 Å². The summed E-state index contributed by atoms with van der Waals surface area (Å²) in [6.45, 7) is 2.22. The van der Waals surface area contributed by atoms with Crippen molar-refractivity contribution in [1.82, 2.24) is 0 Å². The molecule has 0 amide bonds. The molecule has 1 N–H and O–H groups in total. The van der Waals surface area contributed by atoms with Gasteiger partial charge in [-0.3, -0.25) is 0 Å². The number of carbonyl (C=O) groups is 1. The molecule has 0 saturated heterocycles. The van der Waals surface area contributed by atoms with Gasteiger partial charge in [-0.15, -0.1) is 0 Å². The van der Waals surface area contributed by atoms with E-state index >= 15 is 4.39 Å². The van der Waals surface area contributed by atoms with Gasteiger partial charge in [0.2, 0.25) is 0 Å². The van der Waals surface area contributed by atoms with Crippen molar-refractivity contribution < 1.29 is 27.5 Å². The zero-order valence-electron chi connectivity index (χ0n) is 21.0. The molecule has 4 rings (SSSR count). The third-order valence-corrected chi connectivity index (χ3v) is 7.65. The van der Waals surface area contributed by atoms with E-state index in [1.807, 2.05) is 24.3 Å². The maximum atomic E-state index is 15.3. The Balaban J connectivity index is 1.58. The summed E-state index contributed by atoms with van der Waals surface area (Å²) >= 11 is 0. The molecule has 1 fully saturated rings. The van der Waals surface area contributed by atoms with E-state index in [1.54, 1.807) is 0 Å². The third-order valence-electron chi connectivity index (χ3n) is 7.65. The van der Waals surface area contributed by atoms with E-state index in [0.717, 1.165) is 24.8 Å². The number of carboxylic acids is 1. The number of unbranched alkanes of at least 4 members (excludes halogenated alkanes) is 3. The third kappa shape index (κ3) is 6.06. The van der Waals surface area contributed by atoms with Crippen molar-refractivity contribution in [3.05, 3.63) is 82.9 Å². The van der Waals surface area contributed by atoms with Crippen molar-refractivity contribution in [3.63, 3.8) is 0 Å². The average molecular weight is 513 g/mol. The summed E-state index contributed by atoms with van der Waals surface area (Å²) in [7, 11) is 0. The average Bonchev–Trinajstić information content (AvgIpc) is 2.89. The summed E-state index contributed by atoms with van der Waals surface area (Å²) in [4.78, 5) is 11.5. The Hall–Kier alpha value is -3.15. The Kier molecular flexibility index (Phi) is 8.67. The SMILES string of the molecule is CCCCCC[C@H]1CC[C@H](c2ccc(-c3ccc(C(=O)O)c(F)c3-c3cc(F)c(F)c(F)c3)cc2)CC1. The smallest absolute Gasteiger partial charge is 0.338 e. The van der Waals surface area contributed by atoms with Crippen molar-refractivity contribution in [1.29, 1.82) is 0 Å². The Morgan fingerprint density at radius 3 is 2.05 bits per heavy atom. The molecule has 1 aliphatic rings. The fraction of sp³-hybridized carbons (Fsp3) is 0.387. The molecule has 0 unspecified atom stereocenters. The van der Waals surface area contributed by atoms with Crippen molar-refractivity contribution >= 4 is 5.97 Å². The molecular formula is C31H32F4O2. The topological polar surface area (TPSA) is 37.3 Å². The van der Waals surface area contributed by atoms with Gasteiger partial charge in [0.05, 0.1) is 5.56 Å². The lowest BCUT2D eigenvalue weighted by Gasteiger charge is -2.29. The molecule has 3 aromatic rings. The highest BCUT2D eigenvalue weighted by Gasteiger charge is 2.24. The van der Waals surface area contributed by atoms with Gasteiger partial charge >= 0.3 is 5.97 Å². The molecular weight excluding hydrogens is 480 g/mol. The fourth-order valence-corrected chi connectivity index (χ4v) is 5.54. The van der Waals surface area contributed by atoms with Gasteiger partial charge in [0, 0.05) is 5.56 Å². The number of benzene rings is 3. The number of aromatic carboxylic acids is 1. The number of rotatable bonds is 9. The van der Waals surface area contributed by atoms with Crippen LogP contribution in [0.3, 0.4) is 0 Å². The minimum absolute atomic E-state index is 0.270. The molecule has 6 heteroatoms. The van der Waals surface area contributed by atoms with Crippen LogP contribution in [0.1, 0.15) is 86.6 Å². The van der Waals surface area contributed by atoms with Crippen LogP contribution in [0.15, 0.2) is 48.5 Å². The zero-order valence-corrected chi connectivity index (χ0v) is 21.0. The van der Waals surface area contributed by atoms with Crippen LogP contribution in [0.5, 0.6) is 0 Å². The van der Waals surface area contributed by atoms with Gasteiger partial charge in [-0.25, -0.2) is 22.4 Å². The van der Waals surface area contributed by atoms with E-state index in [2.05, 4.69) is 6.92 Å². The van der Waals surface area contributed by atoms with Crippen LogP contribution in [-0.2, 0) is 0 Å². The van der Waals surface area contributed by atoms with Crippen LogP contribution in [-0.4, -0.2) is 11.1 Å². The lowest BCUT2D eigenvalue weighted by atomic mass is 9.77. The fourth-order valence-electron chi connectivity index (χ4n) is 5.54. The van der Waals surface area contributed by atoms with E-state index in [9.17, 15) is 23.1 Å². The molecule has 1 aliphatic carbocycles. The van der Waals surface area contributed by atoms with Gasteiger partial charge in [-0.05, 0) is 78.0 Å². The molecule has 1 saturated carbocycles.